The van der Waals surface area contributed by atoms with Gasteiger partial charge < -0.3 is 20.0 Å². The van der Waals surface area contributed by atoms with Crippen molar-refractivity contribution in [3.8, 4) is 0 Å². The van der Waals surface area contributed by atoms with E-state index in [-0.39, 0.29) is 30.6 Å². The second-order valence-electron chi connectivity index (χ2n) is 5.08. The standard InChI is InChI=1S/C14H13N7O4/c1-9-6-12(21(23)24)18-20(9)8-11-17-14(25-19-11)13(22)16-7-10-4-2-3-5-15-10/h2-6H,7-8H2,1H3,(H,16,22). The van der Waals surface area contributed by atoms with E-state index in [1.807, 2.05) is 6.07 Å². The molecule has 3 aromatic heterocycles. The van der Waals surface area contributed by atoms with Gasteiger partial charge in [-0.05, 0) is 24.0 Å². The number of aryl methyl sites for hydroxylation is 1. The SMILES string of the molecule is Cc1cc([N+](=O)[O-])nn1Cc1noc(C(=O)NCc2ccccn2)n1. The van der Waals surface area contributed by atoms with Crippen LogP contribution in [0.3, 0.4) is 0 Å². The van der Waals surface area contributed by atoms with Gasteiger partial charge in [0.05, 0.1) is 29.1 Å². The van der Waals surface area contributed by atoms with Crippen LogP contribution in [0.2, 0.25) is 0 Å². The fourth-order valence-corrected chi connectivity index (χ4v) is 2.04. The Labute approximate surface area is 140 Å². The molecule has 0 saturated heterocycles. The second kappa shape index (κ2) is 6.86. The van der Waals surface area contributed by atoms with Crippen LogP contribution in [0.1, 0.15) is 27.9 Å². The van der Waals surface area contributed by atoms with Crippen molar-refractivity contribution in [2.45, 2.75) is 20.0 Å². The quantitative estimate of drug-likeness (QED) is 0.513. The summed E-state index contributed by atoms with van der Waals surface area (Å²) in [6, 6.07) is 6.69. The Bertz CT molecular complexity index is 903. The van der Waals surface area contributed by atoms with Gasteiger partial charge in [-0.3, -0.25) is 9.78 Å². The van der Waals surface area contributed by atoms with Gasteiger partial charge in [0.15, 0.2) is 5.82 Å². The van der Waals surface area contributed by atoms with E-state index in [1.54, 1.807) is 25.3 Å². The highest BCUT2D eigenvalue weighted by Crippen LogP contribution is 2.12. The Morgan fingerprint density at radius 2 is 2.28 bits per heavy atom. The molecule has 3 heterocycles. The van der Waals surface area contributed by atoms with E-state index < -0.39 is 10.8 Å². The van der Waals surface area contributed by atoms with Crippen molar-refractivity contribution in [2.75, 3.05) is 0 Å². The lowest BCUT2D eigenvalue weighted by atomic mass is 10.3. The normalized spacial score (nSPS) is 10.6. The number of amides is 1. The van der Waals surface area contributed by atoms with E-state index in [1.165, 1.54) is 10.7 Å². The number of nitrogens with one attached hydrogen (secondary N) is 1. The predicted molar refractivity (Wildman–Crippen MR) is 82.4 cm³/mol. The van der Waals surface area contributed by atoms with Gasteiger partial charge in [-0.2, -0.15) is 9.67 Å². The molecule has 0 aliphatic heterocycles. The number of hydrogen-bond acceptors (Lipinski definition) is 8. The van der Waals surface area contributed by atoms with E-state index in [0.717, 1.165) is 0 Å². The molecule has 11 nitrogen and oxygen atoms in total. The van der Waals surface area contributed by atoms with E-state index >= 15 is 0 Å². The third-order valence-corrected chi connectivity index (χ3v) is 3.27. The fraction of sp³-hybridized carbons (Fsp3) is 0.214. The molecule has 0 unspecified atom stereocenters. The van der Waals surface area contributed by atoms with Gasteiger partial charge >= 0.3 is 17.6 Å². The predicted octanol–water partition coefficient (Wildman–Crippen LogP) is 0.856. The summed E-state index contributed by atoms with van der Waals surface area (Å²) in [5.74, 6) is -0.823. The summed E-state index contributed by atoms with van der Waals surface area (Å²) in [5.41, 5.74) is 1.26. The third kappa shape index (κ3) is 3.83. The summed E-state index contributed by atoms with van der Waals surface area (Å²) < 4.78 is 6.27. The molecule has 1 N–H and O–H groups in total. The van der Waals surface area contributed by atoms with E-state index in [9.17, 15) is 14.9 Å². The maximum atomic E-state index is 12.0. The molecular formula is C14H13N7O4. The van der Waals surface area contributed by atoms with Crippen molar-refractivity contribution in [2.24, 2.45) is 0 Å². The number of carbonyl (C=O) groups is 1. The third-order valence-electron chi connectivity index (χ3n) is 3.27. The average Bonchev–Trinajstić information content (AvgIpc) is 3.21. The molecule has 11 heteroatoms. The fourth-order valence-electron chi connectivity index (χ4n) is 2.04. The van der Waals surface area contributed by atoms with Crippen molar-refractivity contribution >= 4 is 11.7 Å². The molecule has 3 aromatic rings. The number of rotatable bonds is 6. The lowest BCUT2D eigenvalue weighted by molar-refractivity contribution is -0.389. The molecular weight excluding hydrogens is 330 g/mol. The van der Waals surface area contributed by atoms with Crippen molar-refractivity contribution in [3.63, 3.8) is 0 Å². The van der Waals surface area contributed by atoms with Crippen LogP contribution in [0.4, 0.5) is 5.82 Å². The van der Waals surface area contributed by atoms with Crippen LogP contribution < -0.4 is 5.32 Å². The minimum absolute atomic E-state index is 0.0523. The molecule has 0 bridgehead atoms. The Kier molecular flexibility index (Phi) is 4.46. The van der Waals surface area contributed by atoms with E-state index in [4.69, 9.17) is 4.52 Å². The van der Waals surface area contributed by atoms with Crippen molar-refractivity contribution in [3.05, 3.63) is 63.7 Å². The Balaban J connectivity index is 1.64. The zero-order valence-electron chi connectivity index (χ0n) is 13.1. The van der Waals surface area contributed by atoms with Crippen molar-refractivity contribution in [1.82, 2.24) is 30.2 Å². The summed E-state index contributed by atoms with van der Waals surface area (Å²) in [4.78, 5) is 30.2. The summed E-state index contributed by atoms with van der Waals surface area (Å²) in [5, 5.41) is 20.8. The van der Waals surface area contributed by atoms with Gasteiger partial charge in [0, 0.05) is 6.20 Å². The molecule has 0 fully saturated rings. The molecule has 0 aromatic carbocycles. The van der Waals surface area contributed by atoms with Crippen LogP contribution in [0, 0.1) is 17.0 Å². The molecule has 0 aliphatic rings. The summed E-state index contributed by atoms with van der Waals surface area (Å²) in [7, 11) is 0. The summed E-state index contributed by atoms with van der Waals surface area (Å²) >= 11 is 0. The molecule has 1 amide bonds. The first kappa shape index (κ1) is 16.2. The zero-order chi connectivity index (χ0) is 17.8. The summed E-state index contributed by atoms with van der Waals surface area (Å²) in [6.45, 7) is 1.94. The molecule has 25 heavy (non-hydrogen) atoms. The average molecular weight is 343 g/mol. The lowest BCUT2D eigenvalue weighted by Crippen LogP contribution is -2.23. The van der Waals surface area contributed by atoms with Crippen molar-refractivity contribution in [1.29, 1.82) is 0 Å². The number of carbonyl (C=O) groups excluding carboxylic acids is 1. The van der Waals surface area contributed by atoms with Crippen molar-refractivity contribution < 1.29 is 14.2 Å². The van der Waals surface area contributed by atoms with Gasteiger partial charge in [-0.1, -0.05) is 11.2 Å². The Hall–Kier alpha value is -3.63. The lowest BCUT2D eigenvalue weighted by Gasteiger charge is -2.00. The van der Waals surface area contributed by atoms with Gasteiger partial charge in [0.2, 0.25) is 0 Å². The number of nitrogens with zero attached hydrogens (tertiary/aromatic N) is 6. The number of aromatic nitrogens is 5. The van der Waals surface area contributed by atoms with Gasteiger partial charge in [0.25, 0.3) is 0 Å². The molecule has 3 rings (SSSR count). The van der Waals surface area contributed by atoms with Crippen LogP contribution in [-0.2, 0) is 13.1 Å². The minimum Gasteiger partial charge on any atom is -0.358 e. The molecule has 0 radical (unpaired) electrons. The topological polar surface area (TPSA) is 142 Å². The number of pyridine rings is 1. The van der Waals surface area contributed by atoms with Crippen LogP contribution in [0.25, 0.3) is 0 Å². The molecule has 128 valence electrons. The Morgan fingerprint density at radius 1 is 1.44 bits per heavy atom. The van der Waals surface area contributed by atoms with Gasteiger partial charge in [-0.25, -0.2) is 0 Å². The largest absolute Gasteiger partial charge is 0.390 e. The number of hydrogen-bond donors (Lipinski definition) is 1. The molecule has 0 atom stereocenters. The molecule has 0 saturated carbocycles. The van der Waals surface area contributed by atoms with E-state index in [2.05, 4.69) is 25.5 Å². The molecule has 0 spiro atoms. The minimum atomic E-state index is -0.587. The van der Waals surface area contributed by atoms with Crippen LogP contribution >= 0.6 is 0 Å². The smallest absolute Gasteiger partial charge is 0.358 e. The first-order chi connectivity index (χ1) is 12.0. The number of nitro groups is 1. The zero-order valence-corrected chi connectivity index (χ0v) is 13.1. The van der Waals surface area contributed by atoms with Crippen LogP contribution in [0.15, 0.2) is 35.0 Å². The Morgan fingerprint density at radius 3 is 2.96 bits per heavy atom. The van der Waals surface area contributed by atoms with Gasteiger partial charge in [-0.15, -0.1) is 0 Å². The molecule has 0 aliphatic carbocycles. The maximum Gasteiger partial charge on any atom is 0.390 e. The summed E-state index contributed by atoms with van der Waals surface area (Å²) in [6.07, 6.45) is 1.62. The second-order valence-corrected chi connectivity index (χ2v) is 5.08. The highest BCUT2D eigenvalue weighted by molar-refractivity contribution is 5.89. The highest BCUT2D eigenvalue weighted by Gasteiger charge is 2.19. The maximum absolute atomic E-state index is 12.0. The van der Waals surface area contributed by atoms with E-state index in [0.29, 0.717) is 11.4 Å². The monoisotopic (exact) mass is 343 g/mol. The first-order valence-electron chi connectivity index (χ1n) is 7.22. The highest BCUT2D eigenvalue weighted by atomic mass is 16.6. The first-order valence-corrected chi connectivity index (χ1v) is 7.22. The van der Waals surface area contributed by atoms with Crippen LogP contribution in [-0.4, -0.2) is 35.7 Å². The van der Waals surface area contributed by atoms with Crippen LogP contribution in [0.5, 0.6) is 0 Å². The van der Waals surface area contributed by atoms with Gasteiger partial charge in [0.1, 0.15) is 6.54 Å².